The van der Waals surface area contributed by atoms with E-state index in [1.54, 1.807) is 48.5 Å². The summed E-state index contributed by atoms with van der Waals surface area (Å²) >= 11 is 0. The molecule has 0 aliphatic carbocycles. The summed E-state index contributed by atoms with van der Waals surface area (Å²) in [4.78, 5) is 35.8. The molecule has 0 fully saturated rings. The molecule has 28 heavy (non-hydrogen) atoms. The summed E-state index contributed by atoms with van der Waals surface area (Å²) in [5.41, 5.74) is 0.599. The zero-order valence-corrected chi connectivity index (χ0v) is 15.0. The molecule has 2 aromatic rings. The summed E-state index contributed by atoms with van der Waals surface area (Å²) in [7, 11) is 0. The van der Waals surface area contributed by atoms with E-state index in [2.05, 4.69) is 0 Å². The molecule has 146 valence electrons. The number of esters is 1. The van der Waals surface area contributed by atoms with Crippen LogP contribution in [-0.4, -0.2) is 33.7 Å². The van der Waals surface area contributed by atoms with Crippen LogP contribution in [0.4, 0.5) is 0 Å². The van der Waals surface area contributed by atoms with Gasteiger partial charge in [0.15, 0.2) is 6.10 Å². The summed E-state index contributed by atoms with van der Waals surface area (Å²) in [5.74, 6) is -4.74. The summed E-state index contributed by atoms with van der Waals surface area (Å²) in [6.45, 7) is 0. The number of carboxylic acids is 1. The van der Waals surface area contributed by atoms with Gasteiger partial charge in [-0.25, -0.2) is 0 Å². The number of unbranched alkanes of at least 4 members (excludes halogenated alkanes) is 1. The topological polar surface area (TPSA) is 110 Å². The van der Waals surface area contributed by atoms with Gasteiger partial charge in [-0.05, 0) is 30.5 Å². The summed E-state index contributed by atoms with van der Waals surface area (Å²) in [6.07, 6.45) is -0.855. The zero-order chi connectivity index (χ0) is 20.1. The van der Waals surface area contributed by atoms with Crippen LogP contribution in [0.3, 0.4) is 0 Å². The molecule has 1 aliphatic heterocycles. The molecule has 0 spiro atoms. The van der Waals surface area contributed by atoms with Crippen LogP contribution in [-0.2, 0) is 14.3 Å². The fourth-order valence-electron chi connectivity index (χ4n) is 3.07. The van der Waals surface area contributed by atoms with Crippen LogP contribution in [0.25, 0.3) is 0 Å². The molecule has 0 radical (unpaired) electrons. The number of para-hydroxylation sites is 1. The first-order valence-electron chi connectivity index (χ1n) is 8.93. The fraction of sp³-hybridized carbons (Fsp3) is 0.286. The van der Waals surface area contributed by atoms with E-state index in [1.807, 2.05) is 0 Å². The number of hydrogen-bond acceptors (Lipinski definition) is 6. The first-order chi connectivity index (χ1) is 13.4. The standard InChI is InChI=1S/C21H20O7/c22-17(23)12-6-7-13-18(24)28-21(26)19(25)15-10-4-5-11-16(15)27-20(21)14-8-2-1-3-9-14/h1-5,8-11,20,26H,6-7,12-13H2,(H,22,23). The van der Waals surface area contributed by atoms with Gasteiger partial charge < -0.3 is 19.7 Å². The minimum absolute atomic E-state index is 0.0698. The SMILES string of the molecule is O=C(O)CCCCC(=O)OC1(O)C(=O)c2ccccc2OC1c1ccccc1. The van der Waals surface area contributed by atoms with Gasteiger partial charge in [-0.1, -0.05) is 42.5 Å². The van der Waals surface area contributed by atoms with Gasteiger partial charge in [-0.15, -0.1) is 0 Å². The average molecular weight is 384 g/mol. The predicted molar refractivity (Wildman–Crippen MR) is 97.7 cm³/mol. The van der Waals surface area contributed by atoms with Crippen molar-refractivity contribution in [1.29, 1.82) is 0 Å². The molecular formula is C21H20O7. The van der Waals surface area contributed by atoms with Crippen molar-refractivity contribution >= 4 is 17.7 Å². The Bertz CT molecular complexity index is 877. The monoisotopic (exact) mass is 384 g/mol. The molecule has 2 atom stereocenters. The number of benzene rings is 2. The number of aliphatic carboxylic acids is 1. The molecule has 2 N–H and O–H groups in total. The number of rotatable bonds is 7. The second-order valence-electron chi connectivity index (χ2n) is 6.51. The fourth-order valence-corrected chi connectivity index (χ4v) is 3.07. The molecule has 7 heteroatoms. The Kier molecular flexibility index (Phi) is 5.75. The van der Waals surface area contributed by atoms with Crippen LogP contribution in [0.2, 0.25) is 0 Å². The zero-order valence-electron chi connectivity index (χ0n) is 15.0. The second kappa shape index (κ2) is 8.22. The first kappa shape index (κ1) is 19.6. The van der Waals surface area contributed by atoms with E-state index in [0.717, 1.165) is 0 Å². The normalized spacial score (nSPS) is 20.8. The maximum atomic E-state index is 13.0. The number of carbonyl (C=O) groups excluding carboxylic acids is 2. The number of ketones is 1. The van der Waals surface area contributed by atoms with Gasteiger partial charge in [-0.3, -0.25) is 14.4 Å². The largest absolute Gasteiger partial charge is 0.481 e. The molecule has 7 nitrogen and oxygen atoms in total. The third-order valence-corrected chi connectivity index (χ3v) is 4.45. The molecule has 0 saturated heterocycles. The molecule has 2 unspecified atom stereocenters. The molecule has 0 saturated carbocycles. The summed E-state index contributed by atoms with van der Waals surface area (Å²) < 4.78 is 11.1. The van der Waals surface area contributed by atoms with Crippen LogP contribution >= 0.6 is 0 Å². The Balaban J connectivity index is 1.85. The Hall–Kier alpha value is -3.19. The van der Waals surface area contributed by atoms with Crippen molar-refractivity contribution in [2.24, 2.45) is 0 Å². The molecular weight excluding hydrogens is 364 g/mol. The molecule has 0 bridgehead atoms. The highest BCUT2D eigenvalue weighted by Gasteiger charge is 2.54. The average Bonchev–Trinajstić information content (AvgIpc) is 2.69. The van der Waals surface area contributed by atoms with E-state index in [9.17, 15) is 19.5 Å². The van der Waals surface area contributed by atoms with Gasteiger partial charge in [0.2, 0.25) is 5.78 Å². The lowest BCUT2D eigenvalue weighted by Gasteiger charge is -2.38. The molecule has 1 heterocycles. The second-order valence-corrected chi connectivity index (χ2v) is 6.51. The maximum absolute atomic E-state index is 13.0. The summed E-state index contributed by atoms with van der Waals surface area (Å²) in [5, 5.41) is 19.8. The van der Waals surface area contributed by atoms with E-state index < -0.39 is 29.6 Å². The van der Waals surface area contributed by atoms with Crippen molar-refractivity contribution in [3.63, 3.8) is 0 Å². The molecule has 3 rings (SSSR count). The first-order valence-corrected chi connectivity index (χ1v) is 8.93. The number of hydrogen-bond donors (Lipinski definition) is 2. The van der Waals surface area contributed by atoms with Gasteiger partial charge in [0.25, 0.3) is 0 Å². The number of carboxylic acid groups (broad SMARTS) is 1. The Labute approximate surface area is 161 Å². The van der Waals surface area contributed by atoms with Crippen molar-refractivity contribution in [3.05, 3.63) is 65.7 Å². The highest BCUT2D eigenvalue weighted by Crippen LogP contribution is 2.42. The minimum atomic E-state index is -2.51. The van der Waals surface area contributed by atoms with Crippen LogP contribution in [0.15, 0.2) is 54.6 Å². The van der Waals surface area contributed by atoms with Crippen LogP contribution < -0.4 is 4.74 Å². The third kappa shape index (κ3) is 4.04. The van der Waals surface area contributed by atoms with Crippen LogP contribution in [0, 0.1) is 0 Å². The van der Waals surface area contributed by atoms with E-state index in [-0.39, 0.29) is 31.2 Å². The lowest BCUT2D eigenvalue weighted by atomic mass is 9.90. The van der Waals surface area contributed by atoms with Crippen molar-refractivity contribution in [2.75, 3.05) is 0 Å². The van der Waals surface area contributed by atoms with Gasteiger partial charge >= 0.3 is 17.7 Å². The van der Waals surface area contributed by atoms with Gasteiger partial charge in [0, 0.05) is 12.8 Å². The van der Waals surface area contributed by atoms with Gasteiger partial charge in [0.1, 0.15) is 5.75 Å². The molecule has 2 aromatic carbocycles. The molecule has 0 amide bonds. The van der Waals surface area contributed by atoms with Crippen molar-refractivity contribution < 1.29 is 34.1 Å². The van der Waals surface area contributed by atoms with Crippen LogP contribution in [0.5, 0.6) is 5.75 Å². The smallest absolute Gasteiger partial charge is 0.317 e. The Morgan fingerprint density at radius 2 is 1.64 bits per heavy atom. The summed E-state index contributed by atoms with van der Waals surface area (Å²) in [6, 6.07) is 15.0. The number of ether oxygens (including phenoxy) is 2. The Morgan fingerprint density at radius 1 is 1.00 bits per heavy atom. The highest BCUT2D eigenvalue weighted by atomic mass is 16.7. The number of carbonyl (C=O) groups is 3. The number of Topliss-reactive ketones (excluding diaryl/α,β-unsaturated/α-hetero) is 1. The highest BCUT2D eigenvalue weighted by molar-refractivity contribution is 6.06. The van der Waals surface area contributed by atoms with Crippen molar-refractivity contribution in [1.82, 2.24) is 0 Å². The van der Waals surface area contributed by atoms with Crippen LogP contribution in [0.1, 0.15) is 47.7 Å². The third-order valence-electron chi connectivity index (χ3n) is 4.45. The van der Waals surface area contributed by atoms with Crippen molar-refractivity contribution in [2.45, 2.75) is 37.6 Å². The Morgan fingerprint density at radius 3 is 2.36 bits per heavy atom. The van der Waals surface area contributed by atoms with E-state index >= 15 is 0 Å². The van der Waals surface area contributed by atoms with E-state index in [0.29, 0.717) is 11.3 Å². The molecule has 0 aromatic heterocycles. The lowest BCUT2D eigenvalue weighted by Crippen LogP contribution is -2.53. The van der Waals surface area contributed by atoms with Gasteiger partial charge in [-0.2, -0.15) is 0 Å². The van der Waals surface area contributed by atoms with Gasteiger partial charge in [0.05, 0.1) is 5.56 Å². The number of aliphatic hydroxyl groups is 1. The predicted octanol–water partition coefficient (Wildman–Crippen LogP) is 2.88. The minimum Gasteiger partial charge on any atom is -0.481 e. The number of fused-ring (bicyclic) bond motifs is 1. The quantitative estimate of drug-likeness (QED) is 0.429. The van der Waals surface area contributed by atoms with Crippen molar-refractivity contribution in [3.8, 4) is 5.75 Å². The lowest BCUT2D eigenvalue weighted by molar-refractivity contribution is -0.220. The van der Waals surface area contributed by atoms with E-state index in [1.165, 1.54) is 6.07 Å². The van der Waals surface area contributed by atoms with E-state index in [4.69, 9.17) is 14.6 Å². The molecule has 1 aliphatic rings. The maximum Gasteiger partial charge on any atom is 0.317 e.